The SMILES string of the molecule is CCCC/C=C\CCCCCCCC(=O)OCC(COC(=O)CCCCCCC/C=C\CCCCCCCC)OC(=O)CCCCCCCCCCCCCCC. The third-order valence-electron chi connectivity index (χ3n) is 10.9. The minimum Gasteiger partial charge on any atom is -0.462 e. The highest BCUT2D eigenvalue weighted by Crippen LogP contribution is 2.15. The third kappa shape index (κ3) is 44.8. The van der Waals surface area contributed by atoms with Crippen molar-refractivity contribution < 1.29 is 28.6 Å². The van der Waals surface area contributed by atoms with E-state index in [1.807, 2.05) is 0 Å². The number of unbranched alkanes of at least 4 members (excludes halogenated alkanes) is 30. The normalized spacial score (nSPS) is 12.1. The fourth-order valence-electron chi connectivity index (χ4n) is 7.12. The first kappa shape index (κ1) is 54.9. The maximum Gasteiger partial charge on any atom is 0.306 e. The second-order valence-electron chi connectivity index (χ2n) is 16.7. The zero-order chi connectivity index (χ0) is 41.5. The summed E-state index contributed by atoms with van der Waals surface area (Å²) in [5.74, 6) is -0.883. The van der Waals surface area contributed by atoms with Crippen LogP contribution >= 0.6 is 0 Å². The fraction of sp³-hybridized carbons (Fsp3) is 0.863. The van der Waals surface area contributed by atoms with E-state index in [1.54, 1.807) is 0 Å². The fourth-order valence-corrected chi connectivity index (χ4v) is 7.12. The van der Waals surface area contributed by atoms with E-state index in [-0.39, 0.29) is 31.1 Å². The average Bonchev–Trinajstić information content (AvgIpc) is 3.21. The van der Waals surface area contributed by atoms with Crippen LogP contribution in [-0.2, 0) is 28.6 Å². The van der Waals surface area contributed by atoms with E-state index in [1.165, 1.54) is 154 Å². The van der Waals surface area contributed by atoms with Crippen LogP contribution in [0, 0.1) is 0 Å². The number of esters is 3. The van der Waals surface area contributed by atoms with Crippen LogP contribution in [0.1, 0.15) is 265 Å². The van der Waals surface area contributed by atoms with Crippen molar-refractivity contribution in [1.82, 2.24) is 0 Å². The Morgan fingerprint density at radius 2 is 0.596 bits per heavy atom. The summed E-state index contributed by atoms with van der Waals surface area (Å²) in [6.07, 6.45) is 51.5. The Hall–Kier alpha value is -2.11. The Kier molecular flexibility index (Phi) is 44.9. The largest absolute Gasteiger partial charge is 0.462 e. The summed E-state index contributed by atoms with van der Waals surface area (Å²) < 4.78 is 16.7. The van der Waals surface area contributed by atoms with Crippen LogP contribution in [-0.4, -0.2) is 37.2 Å². The summed E-state index contributed by atoms with van der Waals surface area (Å²) in [6, 6.07) is 0. The molecule has 57 heavy (non-hydrogen) atoms. The molecule has 0 aromatic heterocycles. The third-order valence-corrected chi connectivity index (χ3v) is 10.9. The Bertz CT molecular complexity index is 927. The highest BCUT2D eigenvalue weighted by atomic mass is 16.6. The molecule has 0 rings (SSSR count). The number of carbonyl (C=O) groups is 3. The van der Waals surface area contributed by atoms with Crippen molar-refractivity contribution in [2.75, 3.05) is 13.2 Å². The number of allylic oxidation sites excluding steroid dienone is 4. The van der Waals surface area contributed by atoms with Crippen LogP contribution in [0.4, 0.5) is 0 Å². The molecule has 6 nitrogen and oxygen atoms in total. The second-order valence-corrected chi connectivity index (χ2v) is 16.7. The van der Waals surface area contributed by atoms with Crippen LogP contribution in [0.2, 0.25) is 0 Å². The monoisotopic (exact) mass is 803 g/mol. The number of ether oxygens (including phenoxy) is 3. The average molecular weight is 803 g/mol. The van der Waals surface area contributed by atoms with E-state index < -0.39 is 6.10 Å². The molecule has 0 saturated carbocycles. The van der Waals surface area contributed by atoms with Crippen molar-refractivity contribution >= 4 is 17.9 Å². The molecule has 0 aromatic carbocycles. The quantitative estimate of drug-likeness (QED) is 0.0264. The van der Waals surface area contributed by atoms with Gasteiger partial charge in [0.05, 0.1) is 0 Å². The lowest BCUT2D eigenvalue weighted by atomic mass is 10.0. The molecule has 6 heteroatoms. The van der Waals surface area contributed by atoms with Crippen molar-refractivity contribution in [3.8, 4) is 0 Å². The van der Waals surface area contributed by atoms with Gasteiger partial charge in [-0.05, 0) is 64.2 Å². The van der Waals surface area contributed by atoms with Gasteiger partial charge in [-0.15, -0.1) is 0 Å². The molecular formula is C51H94O6. The molecule has 0 aliphatic heterocycles. The molecule has 0 aromatic rings. The highest BCUT2D eigenvalue weighted by molar-refractivity contribution is 5.71. The summed E-state index contributed by atoms with van der Waals surface area (Å²) in [5.41, 5.74) is 0. The predicted molar refractivity (Wildman–Crippen MR) is 243 cm³/mol. The molecule has 1 unspecified atom stereocenters. The Morgan fingerprint density at radius 3 is 0.930 bits per heavy atom. The lowest BCUT2D eigenvalue weighted by Gasteiger charge is -2.18. The van der Waals surface area contributed by atoms with E-state index in [0.717, 1.165) is 70.6 Å². The van der Waals surface area contributed by atoms with Crippen molar-refractivity contribution in [2.45, 2.75) is 271 Å². The van der Waals surface area contributed by atoms with Crippen molar-refractivity contribution in [1.29, 1.82) is 0 Å². The van der Waals surface area contributed by atoms with Gasteiger partial charge in [-0.2, -0.15) is 0 Å². The van der Waals surface area contributed by atoms with Gasteiger partial charge in [0.25, 0.3) is 0 Å². The van der Waals surface area contributed by atoms with Gasteiger partial charge in [-0.1, -0.05) is 206 Å². The molecule has 0 aliphatic rings. The van der Waals surface area contributed by atoms with Crippen LogP contribution < -0.4 is 0 Å². The van der Waals surface area contributed by atoms with Gasteiger partial charge in [-0.3, -0.25) is 14.4 Å². The zero-order valence-electron chi connectivity index (χ0n) is 38.1. The first-order valence-corrected chi connectivity index (χ1v) is 24.8. The molecule has 0 spiro atoms. The minimum atomic E-state index is -0.771. The Morgan fingerprint density at radius 1 is 0.333 bits per heavy atom. The van der Waals surface area contributed by atoms with Crippen molar-refractivity contribution in [3.63, 3.8) is 0 Å². The van der Waals surface area contributed by atoms with Gasteiger partial charge in [0.15, 0.2) is 6.10 Å². The lowest BCUT2D eigenvalue weighted by Crippen LogP contribution is -2.30. The lowest BCUT2D eigenvalue weighted by molar-refractivity contribution is -0.167. The molecule has 1 atom stereocenters. The van der Waals surface area contributed by atoms with Crippen LogP contribution in [0.15, 0.2) is 24.3 Å². The summed E-state index contributed by atoms with van der Waals surface area (Å²) >= 11 is 0. The van der Waals surface area contributed by atoms with Crippen LogP contribution in [0.25, 0.3) is 0 Å². The standard InChI is InChI=1S/C51H94O6/c1-4-7-10-13-16-19-22-24-25-27-29-32-35-38-41-44-50(53)56-47-48(46-55-49(52)43-40-37-34-31-28-21-18-15-12-9-6-3)57-51(54)45-42-39-36-33-30-26-23-20-17-14-11-8-5-2/h15,18,24-25,48H,4-14,16-17,19-23,26-47H2,1-3H3/b18-15-,25-24-. The van der Waals surface area contributed by atoms with Crippen molar-refractivity contribution in [2.24, 2.45) is 0 Å². The Balaban J connectivity index is 4.35. The molecule has 334 valence electrons. The topological polar surface area (TPSA) is 78.9 Å². The number of hydrogen-bond donors (Lipinski definition) is 0. The van der Waals surface area contributed by atoms with Gasteiger partial charge < -0.3 is 14.2 Å². The van der Waals surface area contributed by atoms with E-state index in [2.05, 4.69) is 45.1 Å². The molecule has 0 amide bonds. The molecule has 0 saturated heterocycles. The molecule has 0 fully saturated rings. The predicted octanol–water partition coefficient (Wildman–Crippen LogP) is 16.0. The first-order valence-electron chi connectivity index (χ1n) is 24.8. The van der Waals surface area contributed by atoms with Crippen molar-refractivity contribution in [3.05, 3.63) is 24.3 Å². The van der Waals surface area contributed by atoms with E-state index in [9.17, 15) is 14.4 Å². The van der Waals surface area contributed by atoms with Gasteiger partial charge in [0.1, 0.15) is 13.2 Å². The summed E-state index contributed by atoms with van der Waals surface area (Å²) in [6.45, 7) is 6.59. The summed E-state index contributed by atoms with van der Waals surface area (Å²) in [5, 5.41) is 0. The number of rotatable bonds is 45. The first-order chi connectivity index (χ1) is 28.0. The molecular weight excluding hydrogens is 709 g/mol. The molecule has 0 heterocycles. The van der Waals surface area contributed by atoms with E-state index in [4.69, 9.17) is 14.2 Å². The summed E-state index contributed by atoms with van der Waals surface area (Å²) in [4.78, 5) is 37.8. The molecule has 0 N–H and O–H groups in total. The number of carbonyl (C=O) groups excluding carboxylic acids is 3. The van der Waals surface area contributed by atoms with E-state index in [0.29, 0.717) is 19.3 Å². The van der Waals surface area contributed by atoms with Gasteiger partial charge in [0.2, 0.25) is 0 Å². The molecule has 0 radical (unpaired) electrons. The van der Waals surface area contributed by atoms with Gasteiger partial charge in [0, 0.05) is 19.3 Å². The highest BCUT2D eigenvalue weighted by Gasteiger charge is 2.19. The van der Waals surface area contributed by atoms with Crippen LogP contribution in [0.5, 0.6) is 0 Å². The maximum atomic E-state index is 12.7. The smallest absolute Gasteiger partial charge is 0.306 e. The minimum absolute atomic E-state index is 0.0750. The van der Waals surface area contributed by atoms with Gasteiger partial charge in [-0.25, -0.2) is 0 Å². The maximum absolute atomic E-state index is 12.7. The van der Waals surface area contributed by atoms with Gasteiger partial charge >= 0.3 is 17.9 Å². The number of hydrogen-bond acceptors (Lipinski definition) is 6. The molecule has 0 aliphatic carbocycles. The summed E-state index contributed by atoms with van der Waals surface area (Å²) in [7, 11) is 0. The Labute approximate surface area is 353 Å². The van der Waals surface area contributed by atoms with E-state index >= 15 is 0 Å². The zero-order valence-corrected chi connectivity index (χ0v) is 38.1. The van der Waals surface area contributed by atoms with Crippen LogP contribution in [0.3, 0.4) is 0 Å². The second kappa shape index (κ2) is 46.6. The molecule has 0 bridgehead atoms.